The summed E-state index contributed by atoms with van der Waals surface area (Å²) in [5.74, 6) is 0.584. The van der Waals surface area contributed by atoms with Gasteiger partial charge in [0.2, 0.25) is 0 Å². The van der Waals surface area contributed by atoms with Crippen molar-refractivity contribution in [1.82, 2.24) is 19.7 Å². The number of rotatable bonds is 3. The molecule has 0 saturated carbocycles. The summed E-state index contributed by atoms with van der Waals surface area (Å²) in [7, 11) is 3.60. The molecule has 1 N–H and O–H groups in total. The van der Waals surface area contributed by atoms with E-state index in [-0.39, 0.29) is 0 Å². The fourth-order valence-electron chi connectivity index (χ4n) is 1.15. The Balaban J connectivity index is 2.36. The maximum absolute atomic E-state index is 6.07. The molecule has 5 nitrogen and oxygen atoms in total. The van der Waals surface area contributed by atoms with Crippen molar-refractivity contribution in [2.24, 2.45) is 7.05 Å². The molecule has 8 heteroatoms. The van der Waals surface area contributed by atoms with Crippen LogP contribution in [0.2, 0.25) is 10.0 Å². The van der Waals surface area contributed by atoms with E-state index in [0.717, 1.165) is 0 Å². The second kappa shape index (κ2) is 5.12. The number of pyridine rings is 1. The summed E-state index contributed by atoms with van der Waals surface area (Å²) in [4.78, 5) is 4.31. The first-order valence-corrected chi connectivity index (χ1v) is 6.24. The molecule has 0 radical (unpaired) electrons. The molecule has 0 atom stereocenters. The highest BCUT2D eigenvalue weighted by atomic mass is 35.5. The minimum Gasteiger partial charge on any atom is -0.372 e. The van der Waals surface area contributed by atoms with Crippen LogP contribution in [0, 0.1) is 0 Å². The molecule has 0 amide bonds. The average Bonchev–Trinajstić information content (AvgIpc) is 2.68. The Morgan fingerprint density at radius 1 is 1.35 bits per heavy atom. The van der Waals surface area contributed by atoms with Gasteiger partial charge in [-0.15, -0.1) is 10.2 Å². The van der Waals surface area contributed by atoms with Gasteiger partial charge in [-0.25, -0.2) is 4.98 Å². The average molecular weight is 290 g/mol. The maximum Gasteiger partial charge on any atom is 0.197 e. The van der Waals surface area contributed by atoms with Crippen molar-refractivity contribution in [2.45, 2.75) is 10.2 Å². The van der Waals surface area contributed by atoms with Crippen molar-refractivity contribution in [3.63, 3.8) is 0 Å². The highest BCUT2D eigenvalue weighted by Crippen LogP contribution is 2.34. The topological polar surface area (TPSA) is 55.6 Å². The summed E-state index contributed by atoms with van der Waals surface area (Å²) in [6, 6.07) is 1.65. The summed E-state index contributed by atoms with van der Waals surface area (Å²) in [5, 5.41) is 13.0. The number of aromatic nitrogens is 4. The van der Waals surface area contributed by atoms with Crippen LogP contribution < -0.4 is 5.32 Å². The molecule has 0 aliphatic rings. The summed E-state index contributed by atoms with van der Waals surface area (Å²) < 4.78 is 1.79. The van der Waals surface area contributed by atoms with Crippen molar-refractivity contribution < 1.29 is 0 Å². The molecule has 0 unspecified atom stereocenters. The minimum atomic E-state index is 0.486. The van der Waals surface area contributed by atoms with Crippen molar-refractivity contribution in [2.75, 3.05) is 12.4 Å². The molecular weight excluding hydrogens is 281 g/mol. The number of hydrogen-bond acceptors (Lipinski definition) is 5. The maximum atomic E-state index is 6.07. The smallest absolute Gasteiger partial charge is 0.197 e. The molecule has 0 saturated heterocycles. The zero-order valence-electron chi connectivity index (χ0n) is 9.11. The van der Waals surface area contributed by atoms with Crippen molar-refractivity contribution in [1.29, 1.82) is 0 Å². The molecule has 0 aromatic carbocycles. The van der Waals surface area contributed by atoms with Crippen molar-refractivity contribution in [3.05, 3.63) is 22.4 Å². The van der Waals surface area contributed by atoms with Crippen LogP contribution in [0.25, 0.3) is 0 Å². The van der Waals surface area contributed by atoms with E-state index in [1.807, 2.05) is 7.05 Å². The number of aryl methyl sites for hydroxylation is 1. The largest absolute Gasteiger partial charge is 0.372 e. The van der Waals surface area contributed by atoms with E-state index < -0.39 is 0 Å². The SMILES string of the molecule is CNc1nc(Sc2nncn2C)c(Cl)cc1Cl. The number of nitrogens with zero attached hydrogens (tertiary/aromatic N) is 4. The zero-order chi connectivity index (χ0) is 12.4. The lowest BCUT2D eigenvalue weighted by Gasteiger charge is -2.07. The third-order valence-electron chi connectivity index (χ3n) is 1.99. The van der Waals surface area contributed by atoms with Gasteiger partial charge in [0.05, 0.1) is 10.0 Å². The van der Waals surface area contributed by atoms with Gasteiger partial charge in [-0.1, -0.05) is 23.2 Å². The fraction of sp³-hybridized carbons (Fsp3) is 0.222. The van der Waals surface area contributed by atoms with Gasteiger partial charge in [0.15, 0.2) is 5.16 Å². The van der Waals surface area contributed by atoms with Gasteiger partial charge in [-0.2, -0.15) is 0 Å². The molecular formula is C9H9Cl2N5S. The molecule has 0 spiro atoms. The zero-order valence-corrected chi connectivity index (χ0v) is 11.4. The summed E-state index contributed by atoms with van der Waals surface area (Å²) >= 11 is 13.4. The van der Waals surface area contributed by atoms with Gasteiger partial charge in [0, 0.05) is 14.1 Å². The van der Waals surface area contributed by atoms with E-state index in [0.29, 0.717) is 26.0 Å². The molecule has 0 fully saturated rings. The van der Waals surface area contributed by atoms with E-state index in [2.05, 4.69) is 20.5 Å². The fourth-order valence-corrected chi connectivity index (χ4v) is 2.46. The normalized spacial score (nSPS) is 10.6. The quantitative estimate of drug-likeness (QED) is 0.942. The summed E-state index contributed by atoms with van der Waals surface area (Å²) in [6.45, 7) is 0. The van der Waals surface area contributed by atoms with Crippen LogP contribution in [-0.4, -0.2) is 26.8 Å². The van der Waals surface area contributed by atoms with Gasteiger partial charge in [0.25, 0.3) is 0 Å². The van der Waals surface area contributed by atoms with E-state index in [4.69, 9.17) is 23.2 Å². The monoisotopic (exact) mass is 289 g/mol. The van der Waals surface area contributed by atoms with Gasteiger partial charge in [0.1, 0.15) is 17.2 Å². The minimum absolute atomic E-state index is 0.486. The van der Waals surface area contributed by atoms with Crippen molar-refractivity contribution in [3.8, 4) is 0 Å². The lowest BCUT2D eigenvalue weighted by Crippen LogP contribution is -1.96. The Morgan fingerprint density at radius 2 is 2.12 bits per heavy atom. The van der Waals surface area contributed by atoms with Gasteiger partial charge in [-0.05, 0) is 17.8 Å². The first-order chi connectivity index (χ1) is 8.11. The molecule has 2 heterocycles. The molecule has 0 aliphatic carbocycles. The standard InChI is InChI=1S/C9H9Cl2N5S/c1-12-7-5(10)3-6(11)8(14-7)17-9-15-13-4-16(9)2/h3-4H,1-2H3,(H,12,14). The molecule has 90 valence electrons. The number of hydrogen-bond donors (Lipinski definition) is 1. The van der Waals surface area contributed by atoms with Gasteiger partial charge in [-0.3, -0.25) is 0 Å². The van der Waals surface area contributed by atoms with Crippen LogP contribution in [-0.2, 0) is 7.05 Å². The molecule has 17 heavy (non-hydrogen) atoms. The highest BCUT2D eigenvalue weighted by molar-refractivity contribution is 7.99. The van der Waals surface area contributed by atoms with Crippen LogP contribution in [0.1, 0.15) is 0 Å². The van der Waals surface area contributed by atoms with E-state index >= 15 is 0 Å². The Hall–Kier alpha value is -0.980. The van der Waals surface area contributed by atoms with Crippen LogP contribution in [0.3, 0.4) is 0 Å². The van der Waals surface area contributed by atoms with Crippen LogP contribution in [0.4, 0.5) is 5.82 Å². The molecule has 2 rings (SSSR count). The first-order valence-electron chi connectivity index (χ1n) is 4.67. The molecule has 0 bridgehead atoms. The number of halogens is 2. The molecule has 2 aromatic rings. The summed E-state index contributed by atoms with van der Waals surface area (Å²) in [5.41, 5.74) is 0. The second-order valence-corrected chi connectivity index (χ2v) is 4.95. The first kappa shape index (κ1) is 12.5. The van der Waals surface area contributed by atoms with Crippen LogP contribution in [0.15, 0.2) is 22.6 Å². The summed E-state index contributed by atoms with van der Waals surface area (Å²) in [6.07, 6.45) is 1.62. The van der Waals surface area contributed by atoms with Crippen LogP contribution in [0.5, 0.6) is 0 Å². The highest BCUT2D eigenvalue weighted by Gasteiger charge is 2.12. The van der Waals surface area contributed by atoms with E-state index in [1.54, 1.807) is 24.0 Å². The Kier molecular flexibility index (Phi) is 3.76. The Labute approximate surface area is 113 Å². The third kappa shape index (κ3) is 2.65. The predicted molar refractivity (Wildman–Crippen MR) is 68.9 cm³/mol. The second-order valence-electron chi connectivity index (χ2n) is 3.18. The van der Waals surface area contributed by atoms with Gasteiger partial charge >= 0.3 is 0 Å². The third-order valence-corrected chi connectivity index (χ3v) is 3.74. The Morgan fingerprint density at radius 3 is 2.71 bits per heavy atom. The predicted octanol–water partition coefficient (Wildman–Crippen LogP) is 2.71. The lowest BCUT2D eigenvalue weighted by molar-refractivity contribution is 0.787. The van der Waals surface area contributed by atoms with Gasteiger partial charge < -0.3 is 9.88 Å². The number of anilines is 1. The lowest BCUT2D eigenvalue weighted by atomic mass is 10.4. The van der Waals surface area contributed by atoms with Crippen LogP contribution >= 0.6 is 35.0 Å². The van der Waals surface area contributed by atoms with Crippen molar-refractivity contribution >= 4 is 40.8 Å². The molecule has 0 aliphatic heterocycles. The van der Waals surface area contributed by atoms with E-state index in [9.17, 15) is 0 Å². The Bertz CT molecular complexity index is 542. The van der Waals surface area contributed by atoms with E-state index in [1.165, 1.54) is 11.8 Å². The molecule has 2 aromatic heterocycles. The number of nitrogens with one attached hydrogen (secondary N) is 1.